The summed E-state index contributed by atoms with van der Waals surface area (Å²) < 4.78 is 12.9. The van der Waals surface area contributed by atoms with E-state index in [-0.39, 0.29) is 11.7 Å². The molecule has 7 heteroatoms. The zero-order chi connectivity index (χ0) is 18.6. The van der Waals surface area contributed by atoms with Gasteiger partial charge < -0.3 is 10.2 Å². The Morgan fingerprint density at radius 3 is 2.44 bits per heavy atom. The number of fused-ring (bicyclic) bond motifs is 1. The van der Waals surface area contributed by atoms with Crippen molar-refractivity contribution in [2.75, 3.05) is 42.9 Å². The number of anilines is 2. The molecular formula is C20H20FN5O. The summed E-state index contributed by atoms with van der Waals surface area (Å²) in [5.41, 5.74) is 2.37. The average Bonchev–Trinajstić information content (AvgIpc) is 2.70. The summed E-state index contributed by atoms with van der Waals surface area (Å²) in [6, 6.07) is 13.6. The highest BCUT2D eigenvalue weighted by molar-refractivity contribution is 5.92. The third-order valence-electron chi connectivity index (χ3n) is 4.63. The van der Waals surface area contributed by atoms with Gasteiger partial charge in [-0.3, -0.25) is 14.7 Å². The molecule has 1 saturated heterocycles. The first-order valence-electron chi connectivity index (χ1n) is 8.92. The summed E-state index contributed by atoms with van der Waals surface area (Å²) >= 11 is 0. The third kappa shape index (κ3) is 4.20. The second-order valence-corrected chi connectivity index (χ2v) is 6.54. The van der Waals surface area contributed by atoms with Crippen LogP contribution in [0, 0.1) is 5.82 Å². The highest BCUT2D eigenvalue weighted by Crippen LogP contribution is 2.17. The Balaban J connectivity index is 1.31. The molecule has 1 aromatic heterocycles. The summed E-state index contributed by atoms with van der Waals surface area (Å²) in [6.07, 6.45) is 1.80. The summed E-state index contributed by atoms with van der Waals surface area (Å²) in [5.74, 6) is 0.450. The number of nitrogens with zero attached hydrogens (tertiary/aromatic N) is 4. The Labute approximate surface area is 156 Å². The first kappa shape index (κ1) is 17.4. The maximum Gasteiger partial charge on any atom is 0.238 e. The van der Waals surface area contributed by atoms with Crippen LogP contribution in [0.5, 0.6) is 0 Å². The molecule has 0 aliphatic carbocycles. The smallest absolute Gasteiger partial charge is 0.238 e. The highest BCUT2D eigenvalue weighted by atomic mass is 19.1. The van der Waals surface area contributed by atoms with Crippen LogP contribution in [0.1, 0.15) is 0 Å². The number of rotatable bonds is 4. The van der Waals surface area contributed by atoms with Gasteiger partial charge in [-0.15, -0.1) is 0 Å². The Kier molecular flexibility index (Phi) is 4.93. The van der Waals surface area contributed by atoms with Gasteiger partial charge in [0.05, 0.1) is 23.8 Å². The lowest BCUT2D eigenvalue weighted by molar-refractivity contribution is -0.117. The number of nitrogens with one attached hydrogen (secondary N) is 1. The van der Waals surface area contributed by atoms with E-state index in [9.17, 15) is 9.18 Å². The molecule has 1 N–H and O–H groups in total. The fourth-order valence-corrected chi connectivity index (χ4v) is 3.17. The fraction of sp³-hybridized carbons (Fsp3) is 0.250. The van der Waals surface area contributed by atoms with Crippen LogP contribution < -0.4 is 10.2 Å². The van der Waals surface area contributed by atoms with Crippen molar-refractivity contribution in [3.05, 3.63) is 60.5 Å². The van der Waals surface area contributed by atoms with Gasteiger partial charge in [-0.2, -0.15) is 0 Å². The summed E-state index contributed by atoms with van der Waals surface area (Å²) in [5, 5.41) is 2.80. The first-order chi connectivity index (χ1) is 13.2. The number of hydrogen-bond donors (Lipinski definition) is 1. The van der Waals surface area contributed by atoms with E-state index in [1.165, 1.54) is 12.1 Å². The zero-order valence-corrected chi connectivity index (χ0v) is 14.8. The molecule has 0 spiro atoms. The molecule has 2 aromatic carbocycles. The molecule has 1 fully saturated rings. The molecule has 0 saturated carbocycles. The van der Waals surface area contributed by atoms with Crippen LogP contribution in [0.4, 0.5) is 15.9 Å². The molecule has 4 rings (SSSR count). The average molecular weight is 365 g/mol. The van der Waals surface area contributed by atoms with Gasteiger partial charge in [0.15, 0.2) is 0 Å². The predicted octanol–water partition coefficient (Wildman–Crippen LogP) is 2.53. The number of benzene rings is 2. The van der Waals surface area contributed by atoms with Gasteiger partial charge in [0.25, 0.3) is 0 Å². The van der Waals surface area contributed by atoms with Crippen LogP contribution in [0.3, 0.4) is 0 Å². The third-order valence-corrected chi connectivity index (χ3v) is 4.63. The van der Waals surface area contributed by atoms with Crippen LogP contribution in [0.15, 0.2) is 54.7 Å². The fourth-order valence-electron chi connectivity index (χ4n) is 3.17. The van der Waals surface area contributed by atoms with Crippen LogP contribution in [0.25, 0.3) is 11.0 Å². The molecule has 0 bridgehead atoms. The van der Waals surface area contributed by atoms with Crippen molar-refractivity contribution in [1.82, 2.24) is 14.9 Å². The highest BCUT2D eigenvalue weighted by Gasteiger charge is 2.20. The van der Waals surface area contributed by atoms with Gasteiger partial charge in [-0.25, -0.2) is 9.37 Å². The van der Waals surface area contributed by atoms with Gasteiger partial charge in [-0.1, -0.05) is 12.1 Å². The molecule has 0 radical (unpaired) electrons. The number of para-hydroxylation sites is 2. The lowest BCUT2D eigenvalue weighted by Gasteiger charge is -2.34. The van der Waals surface area contributed by atoms with Crippen molar-refractivity contribution < 1.29 is 9.18 Å². The quantitative estimate of drug-likeness (QED) is 0.770. The van der Waals surface area contributed by atoms with Crippen LogP contribution in [0.2, 0.25) is 0 Å². The Morgan fingerprint density at radius 2 is 1.70 bits per heavy atom. The SMILES string of the molecule is O=C(CN1CCN(c2cnc3ccccc3n2)CC1)Nc1ccc(F)cc1. The van der Waals surface area contributed by atoms with Gasteiger partial charge in [0.2, 0.25) is 5.91 Å². The van der Waals surface area contributed by atoms with E-state index < -0.39 is 0 Å². The number of piperazine rings is 1. The molecule has 2 heterocycles. The van der Waals surface area contributed by atoms with Crippen molar-refractivity contribution in [2.24, 2.45) is 0 Å². The minimum absolute atomic E-state index is 0.0967. The molecule has 6 nitrogen and oxygen atoms in total. The maximum absolute atomic E-state index is 12.9. The molecule has 1 amide bonds. The normalized spacial score (nSPS) is 15.1. The van der Waals surface area contributed by atoms with E-state index in [4.69, 9.17) is 0 Å². The number of amides is 1. The number of aromatic nitrogens is 2. The maximum atomic E-state index is 12.9. The van der Waals surface area contributed by atoms with E-state index in [0.717, 1.165) is 43.0 Å². The molecule has 1 aliphatic rings. The topological polar surface area (TPSA) is 61.4 Å². The number of carbonyl (C=O) groups excluding carboxylic acids is 1. The van der Waals surface area contributed by atoms with Crippen molar-refractivity contribution in [2.45, 2.75) is 0 Å². The lowest BCUT2D eigenvalue weighted by atomic mass is 10.2. The summed E-state index contributed by atoms with van der Waals surface area (Å²) in [7, 11) is 0. The van der Waals surface area contributed by atoms with Gasteiger partial charge in [0.1, 0.15) is 11.6 Å². The Hall–Kier alpha value is -3.06. The van der Waals surface area contributed by atoms with Crippen LogP contribution in [-0.4, -0.2) is 53.5 Å². The minimum atomic E-state index is -0.319. The van der Waals surface area contributed by atoms with Gasteiger partial charge in [-0.05, 0) is 36.4 Å². The molecule has 1 aliphatic heterocycles. The summed E-state index contributed by atoms with van der Waals surface area (Å²) in [4.78, 5) is 25.6. The van der Waals surface area contributed by atoms with Crippen LogP contribution >= 0.6 is 0 Å². The van der Waals surface area contributed by atoms with E-state index in [1.807, 2.05) is 24.3 Å². The molecule has 0 unspecified atom stereocenters. The molecular weight excluding hydrogens is 345 g/mol. The Bertz CT molecular complexity index is 939. The van der Waals surface area contributed by atoms with Gasteiger partial charge in [0, 0.05) is 31.9 Å². The number of hydrogen-bond acceptors (Lipinski definition) is 5. The largest absolute Gasteiger partial charge is 0.353 e. The molecule has 3 aromatic rings. The lowest BCUT2D eigenvalue weighted by Crippen LogP contribution is -2.49. The number of halogens is 1. The standard InChI is InChI=1S/C20H20FN5O/c21-15-5-7-16(8-6-15)23-20(27)14-25-9-11-26(12-10-25)19-13-22-17-3-1-2-4-18(17)24-19/h1-8,13H,9-12,14H2,(H,23,27). The second-order valence-electron chi connectivity index (χ2n) is 6.54. The summed E-state index contributed by atoms with van der Waals surface area (Å²) in [6.45, 7) is 3.43. The van der Waals surface area contributed by atoms with Crippen molar-refractivity contribution in [3.8, 4) is 0 Å². The van der Waals surface area contributed by atoms with Gasteiger partial charge >= 0.3 is 0 Å². The molecule has 0 atom stereocenters. The first-order valence-corrected chi connectivity index (χ1v) is 8.92. The van der Waals surface area contributed by atoms with E-state index in [0.29, 0.717) is 12.2 Å². The van der Waals surface area contributed by atoms with Crippen molar-refractivity contribution in [3.63, 3.8) is 0 Å². The van der Waals surface area contributed by atoms with E-state index in [1.54, 1.807) is 18.3 Å². The second kappa shape index (κ2) is 7.67. The monoisotopic (exact) mass is 365 g/mol. The predicted molar refractivity (Wildman–Crippen MR) is 103 cm³/mol. The van der Waals surface area contributed by atoms with E-state index in [2.05, 4.69) is 25.1 Å². The van der Waals surface area contributed by atoms with Crippen molar-refractivity contribution in [1.29, 1.82) is 0 Å². The zero-order valence-electron chi connectivity index (χ0n) is 14.8. The van der Waals surface area contributed by atoms with E-state index >= 15 is 0 Å². The minimum Gasteiger partial charge on any atom is -0.353 e. The number of carbonyl (C=O) groups is 1. The van der Waals surface area contributed by atoms with Crippen LogP contribution in [-0.2, 0) is 4.79 Å². The van der Waals surface area contributed by atoms with Crippen molar-refractivity contribution >= 4 is 28.4 Å². The molecule has 27 heavy (non-hydrogen) atoms. The Morgan fingerprint density at radius 1 is 1.00 bits per heavy atom. The molecule has 138 valence electrons.